The molecule has 1 aromatic carbocycles. The Labute approximate surface area is 104 Å². The van der Waals surface area contributed by atoms with E-state index in [0.717, 1.165) is 24.0 Å². The summed E-state index contributed by atoms with van der Waals surface area (Å²) < 4.78 is 1.73. The molecular formula is C12H16N4O2+2. The molecular weight excluding hydrogens is 232 g/mol. The van der Waals surface area contributed by atoms with Gasteiger partial charge in [-0.05, 0) is 41.2 Å². The number of hydrogen-bond donors (Lipinski definition) is 2. The maximum absolute atomic E-state index is 12.0. The van der Waals surface area contributed by atoms with Crippen LogP contribution in [0.5, 0.6) is 0 Å². The summed E-state index contributed by atoms with van der Waals surface area (Å²) in [6, 6.07) is 3.78. The van der Waals surface area contributed by atoms with Crippen LogP contribution in [0.25, 0.3) is 11.0 Å². The lowest BCUT2D eigenvalue weighted by Crippen LogP contribution is -2.44. The second kappa shape index (κ2) is 3.69. The lowest BCUT2D eigenvalue weighted by Gasteiger charge is -2.05. The SMILES string of the molecule is CN(C)c1[nH][n+](=O)c2cc3c(cc2[n+]1O)CCC3. The number of aromatic amines is 1. The molecule has 1 aromatic heterocycles. The van der Waals surface area contributed by atoms with Gasteiger partial charge in [-0.2, -0.15) is 0 Å². The maximum Gasteiger partial charge on any atom is 0.451 e. The molecule has 0 saturated carbocycles. The molecule has 0 saturated heterocycles. The summed E-state index contributed by atoms with van der Waals surface area (Å²) in [6.45, 7) is 0. The fourth-order valence-corrected chi connectivity index (χ4v) is 2.53. The van der Waals surface area contributed by atoms with E-state index in [2.05, 4.69) is 5.10 Å². The van der Waals surface area contributed by atoms with Gasteiger partial charge in [0.1, 0.15) is 0 Å². The molecule has 2 aromatic rings. The van der Waals surface area contributed by atoms with Crippen molar-refractivity contribution in [1.82, 2.24) is 5.10 Å². The summed E-state index contributed by atoms with van der Waals surface area (Å²) >= 11 is 0. The third-order valence-electron chi connectivity index (χ3n) is 3.46. The van der Waals surface area contributed by atoms with E-state index in [1.807, 2.05) is 12.1 Å². The van der Waals surface area contributed by atoms with E-state index >= 15 is 0 Å². The van der Waals surface area contributed by atoms with Crippen molar-refractivity contribution in [3.8, 4) is 0 Å². The van der Waals surface area contributed by atoms with Crippen LogP contribution in [0, 0.1) is 4.91 Å². The predicted octanol–water partition coefficient (Wildman–Crippen LogP) is 0.162. The molecule has 1 heterocycles. The van der Waals surface area contributed by atoms with Crippen LogP contribution >= 0.6 is 0 Å². The second-order valence-electron chi connectivity index (χ2n) is 4.90. The lowest BCUT2D eigenvalue weighted by molar-refractivity contribution is -0.882. The molecule has 0 atom stereocenters. The van der Waals surface area contributed by atoms with Crippen molar-refractivity contribution in [2.24, 2.45) is 0 Å². The van der Waals surface area contributed by atoms with Crippen molar-refractivity contribution < 1.29 is 14.5 Å². The summed E-state index contributed by atoms with van der Waals surface area (Å²) in [7, 11) is 3.52. The van der Waals surface area contributed by atoms with Gasteiger partial charge in [-0.15, -0.1) is 0 Å². The summed E-state index contributed by atoms with van der Waals surface area (Å²) in [5.41, 5.74) is 3.43. The quantitative estimate of drug-likeness (QED) is 0.558. The fourth-order valence-electron chi connectivity index (χ4n) is 2.53. The van der Waals surface area contributed by atoms with Crippen molar-refractivity contribution in [2.75, 3.05) is 19.0 Å². The highest BCUT2D eigenvalue weighted by molar-refractivity contribution is 5.70. The Morgan fingerprint density at radius 2 is 1.83 bits per heavy atom. The first-order chi connectivity index (χ1) is 8.58. The third kappa shape index (κ3) is 1.45. The number of hydrogen-bond acceptors (Lipinski definition) is 3. The molecule has 0 spiro atoms. The van der Waals surface area contributed by atoms with Crippen LogP contribution in [0.4, 0.5) is 5.95 Å². The van der Waals surface area contributed by atoms with E-state index in [1.165, 1.54) is 11.1 Å². The zero-order valence-electron chi connectivity index (χ0n) is 10.5. The van der Waals surface area contributed by atoms with E-state index in [1.54, 1.807) is 19.0 Å². The number of aryl methyl sites for hydroxylation is 2. The number of fused-ring (bicyclic) bond motifs is 2. The summed E-state index contributed by atoms with van der Waals surface area (Å²) in [4.78, 5) is 13.6. The number of anilines is 1. The Morgan fingerprint density at radius 3 is 2.44 bits per heavy atom. The molecule has 0 bridgehead atoms. The van der Waals surface area contributed by atoms with Crippen LogP contribution in [0.1, 0.15) is 17.5 Å². The van der Waals surface area contributed by atoms with Crippen molar-refractivity contribution in [3.63, 3.8) is 0 Å². The topological polar surface area (TPSA) is 66.1 Å². The predicted molar refractivity (Wildman–Crippen MR) is 65.4 cm³/mol. The standard InChI is InChI=1S/C12H15N4O2/c1-14(2)12-13-16(18)11-7-9-5-3-4-8(9)6-10(11)15(12)17/h6-7,17H,3-5H2,1-2H3/q+1/p+1. The zero-order chi connectivity index (χ0) is 12.9. The minimum Gasteiger partial charge on any atom is -0.371 e. The Hall–Kier alpha value is -2.11. The van der Waals surface area contributed by atoms with E-state index in [0.29, 0.717) is 21.5 Å². The van der Waals surface area contributed by atoms with Crippen molar-refractivity contribution in [2.45, 2.75) is 19.3 Å². The third-order valence-corrected chi connectivity index (χ3v) is 3.46. The molecule has 0 unspecified atom stereocenters. The number of nitrogens with zero attached hydrogens (tertiary/aromatic N) is 3. The molecule has 2 N–H and O–H groups in total. The number of benzene rings is 1. The van der Waals surface area contributed by atoms with Crippen LogP contribution in [0.3, 0.4) is 0 Å². The summed E-state index contributed by atoms with van der Waals surface area (Å²) in [6.07, 6.45) is 3.13. The van der Waals surface area contributed by atoms with Gasteiger partial charge in [-0.25, -0.2) is 0 Å². The minimum absolute atomic E-state index is 0.343. The molecule has 94 valence electrons. The first-order valence-electron chi connectivity index (χ1n) is 6.01. The van der Waals surface area contributed by atoms with Gasteiger partial charge in [0.05, 0.1) is 19.0 Å². The van der Waals surface area contributed by atoms with Crippen molar-refractivity contribution >= 4 is 17.0 Å². The van der Waals surface area contributed by atoms with Gasteiger partial charge in [0, 0.05) is 11.2 Å². The number of nitrogens with one attached hydrogen (secondary N) is 1. The van der Waals surface area contributed by atoms with Gasteiger partial charge >= 0.3 is 11.5 Å². The summed E-state index contributed by atoms with van der Waals surface area (Å²) in [5, 5.41) is 12.8. The Kier molecular flexibility index (Phi) is 2.26. The lowest BCUT2D eigenvalue weighted by atomic mass is 10.1. The molecule has 3 rings (SSSR count). The maximum atomic E-state index is 12.0. The van der Waals surface area contributed by atoms with Crippen molar-refractivity contribution in [3.05, 3.63) is 28.2 Å². The molecule has 1 aliphatic carbocycles. The van der Waals surface area contributed by atoms with Crippen molar-refractivity contribution in [1.29, 1.82) is 0 Å². The average Bonchev–Trinajstić information content (AvgIpc) is 2.78. The molecule has 0 amide bonds. The average molecular weight is 248 g/mol. The molecule has 18 heavy (non-hydrogen) atoms. The normalized spacial score (nSPS) is 13.9. The van der Waals surface area contributed by atoms with Crippen LogP contribution in [0.2, 0.25) is 0 Å². The highest BCUT2D eigenvalue weighted by Crippen LogP contribution is 2.24. The smallest absolute Gasteiger partial charge is 0.371 e. The first-order valence-corrected chi connectivity index (χ1v) is 6.01. The monoisotopic (exact) mass is 248 g/mol. The van der Waals surface area contributed by atoms with Gasteiger partial charge in [0.2, 0.25) is 10.1 Å². The van der Waals surface area contributed by atoms with Gasteiger partial charge < -0.3 is 5.21 Å². The van der Waals surface area contributed by atoms with Gasteiger partial charge in [0.25, 0.3) is 0 Å². The molecule has 0 radical (unpaired) electrons. The molecule has 1 aliphatic rings. The number of aromatic nitrogens is 3. The Morgan fingerprint density at radius 1 is 1.22 bits per heavy atom. The van der Waals surface area contributed by atoms with Gasteiger partial charge in [-0.1, -0.05) is 0 Å². The largest absolute Gasteiger partial charge is 0.451 e. The van der Waals surface area contributed by atoms with Crippen LogP contribution in [-0.2, 0) is 12.8 Å². The van der Waals surface area contributed by atoms with E-state index < -0.39 is 0 Å². The minimum atomic E-state index is 0.343. The first kappa shape index (κ1) is 11.0. The highest BCUT2D eigenvalue weighted by atomic mass is 16.5. The second-order valence-corrected chi connectivity index (χ2v) is 4.90. The molecule has 0 aliphatic heterocycles. The molecule has 6 nitrogen and oxygen atoms in total. The Bertz CT molecular complexity index is 691. The van der Waals surface area contributed by atoms with Crippen LogP contribution in [-0.4, -0.2) is 24.4 Å². The molecule has 0 fully saturated rings. The van der Waals surface area contributed by atoms with E-state index in [9.17, 15) is 10.1 Å². The Balaban J connectivity index is 2.40. The van der Waals surface area contributed by atoms with Gasteiger partial charge in [-0.3, -0.25) is 4.90 Å². The highest BCUT2D eigenvalue weighted by Gasteiger charge is 2.27. The van der Waals surface area contributed by atoms with Crippen LogP contribution < -0.4 is 14.2 Å². The number of rotatable bonds is 1. The molecule has 6 heteroatoms. The van der Waals surface area contributed by atoms with Crippen LogP contribution in [0.15, 0.2) is 12.1 Å². The van der Waals surface area contributed by atoms with Gasteiger partial charge in [0.15, 0.2) is 0 Å². The zero-order valence-corrected chi connectivity index (χ0v) is 10.5. The van der Waals surface area contributed by atoms with E-state index in [-0.39, 0.29) is 0 Å². The number of H-pyrrole nitrogens is 1. The van der Waals surface area contributed by atoms with E-state index in [4.69, 9.17) is 0 Å². The summed E-state index contributed by atoms with van der Waals surface area (Å²) in [5.74, 6) is 0.343. The fraction of sp³-hybridized carbons (Fsp3) is 0.417.